The Morgan fingerprint density at radius 1 is 1.30 bits per heavy atom. The quantitative estimate of drug-likeness (QED) is 0.608. The van der Waals surface area contributed by atoms with Crippen molar-refractivity contribution in [3.63, 3.8) is 0 Å². The van der Waals surface area contributed by atoms with Crippen LogP contribution in [-0.2, 0) is 26.2 Å². The van der Waals surface area contributed by atoms with Crippen LogP contribution >= 0.6 is 11.5 Å². The van der Waals surface area contributed by atoms with Gasteiger partial charge in [-0.2, -0.15) is 26.0 Å². The maximum absolute atomic E-state index is 13.7. The average molecular weight is 369 g/mol. The van der Waals surface area contributed by atoms with Crippen molar-refractivity contribution in [1.29, 1.82) is 0 Å². The Morgan fingerprint density at radius 2 is 1.96 bits per heavy atom. The lowest BCUT2D eigenvalue weighted by atomic mass is 10.1. The van der Waals surface area contributed by atoms with E-state index in [0.717, 1.165) is 13.2 Å². The van der Waals surface area contributed by atoms with Gasteiger partial charge in [0.2, 0.25) is 0 Å². The van der Waals surface area contributed by atoms with Crippen LogP contribution in [0.1, 0.15) is 16.0 Å². The van der Waals surface area contributed by atoms with E-state index in [2.05, 4.69) is 8.56 Å². The molecule has 0 unspecified atom stereocenters. The van der Waals surface area contributed by atoms with Crippen molar-refractivity contribution in [1.82, 2.24) is 4.37 Å². The summed E-state index contributed by atoms with van der Waals surface area (Å²) >= 11 is 0.122. The number of benzene rings is 1. The van der Waals surface area contributed by atoms with Gasteiger partial charge in [0, 0.05) is 11.1 Å². The van der Waals surface area contributed by atoms with Crippen molar-refractivity contribution < 1.29 is 30.2 Å². The van der Waals surface area contributed by atoms with Gasteiger partial charge in [-0.15, -0.1) is 0 Å². The zero-order chi connectivity index (χ0) is 17.4. The van der Waals surface area contributed by atoms with Gasteiger partial charge in [0.25, 0.3) is 10.1 Å². The summed E-state index contributed by atoms with van der Waals surface area (Å²) in [4.78, 5) is -1.14. The molecule has 1 aromatic carbocycles. The van der Waals surface area contributed by atoms with E-state index in [9.17, 15) is 26.0 Å². The third-order valence-corrected chi connectivity index (χ3v) is 5.15. The SMILES string of the molecule is COS(=O)(=O)Cc1c(-c2ccc(C)c(F)c2)nsc1C(F)(F)F. The molecule has 0 amide bonds. The van der Waals surface area contributed by atoms with Crippen LogP contribution in [0.5, 0.6) is 0 Å². The summed E-state index contributed by atoms with van der Waals surface area (Å²) in [6, 6.07) is 3.79. The average Bonchev–Trinajstić information content (AvgIpc) is 2.85. The van der Waals surface area contributed by atoms with Gasteiger partial charge in [-0.1, -0.05) is 12.1 Å². The fourth-order valence-electron chi connectivity index (χ4n) is 1.87. The Hall–Kier alpha value is -1.52. The highest BCUT2D eigenvalue weighted by molar-refractivity contribution is 7.85. The van der Waals surface area contributed by atoms with Crippen LogP contribution in [0.4, 0.5) is 17.6 Å². The molecule has 2 rings (SSSR count). The van der Waals surface area contributed by atoms with Crippen molar-refractivity contribution in [2.24, 2.45) is 0 Å². The van der Waals surface area contributed by atoms with Crippen LogP contribution in [0.3, 0.4) is 0 Å². The maximum Gasteiger partial charge on any atom is 0.427 e. The molecular weight excluding hydrogens is 358 g/mol. The highest BCUT2D eigenvalue weighted by Gasteiger charge is 2.39. The lowest BCUT2D eigenvalue weighted by Gasteiger charge is -2.09. The molecule has 0 aliphatic heterocycles. The summed E-state index contributed by atoms with van der Waals surface area (Å²) in [7, 11) is -3.35. The van der Waals surface area contributed by atoms with Gasteiger partial charge < -0.3 is 0 Å². The van der Waals surface area contributed by atoms with Crippen LogP contribution in [0.15, 0.2) is 18.2 Å². The lowest BCUT2D eigenvalue weighted by Crippen LogP contribution is -2.12. The van der Waals surface area contributed by atoms with Gasteiger partial charge >= 0.3 is 6.18 Å². The smallest absolute Gasteiger partial charge is 0.273 e. The molecule has 0 spiro atoms. The summed E-state index contributed by atoms with van der Waals surface area (Å²) in [5, 5.41) is 0. The molecule has 0 aliphatic carbocycles. The van der Waals surface area contributed by atoms with Gasteiger partial charge in [0.05, 0.1) is 12.8 Å². The first-order chi connectivity index (χ1) is 10.5. The number of halogens is 4. The number of aryl methyl sites for hydroxylation is 1. The molecule has 126 valence electrons. The normalized spacial score (nSPS) is 12.6. The van der Waals surface area contributed by atoms with E-state index in [1.807, 2.05) is 0 Å². The zero-order valence-electron chi connectivity index (χ0n) is 11.9. The number of aromatic nitrogens is 1. The van der Waals surface area contributed by atoms with E-state index in [-0.39, 0.29) is 22.8 Å². The maximum atomic E-state index is 13.7. The van der Waals surface area contributed by atoms with Crippen molar-refractivity contribution in [3.8, 4) is 11.3 Å². The Morgan fingerprint density at radius 3 is 2.48 bits per heavy atom. The zero-order valence-corrected chi connectivity index (χ0v) is 13.6. The van der Waals surface area contributed by atoms with Crippen LogP contribution in [-0.4, -0.2) is 19.9 Å². The number of rotatable bonds is 4. The number of hydrogen-bond donors (Lipinski definition) is 0. The van der Waals surface area contributed by atoms with Gasteiger partial charge in [-0.25, -0.2) is 4.39 Å². The topological polar surface area (TPSA) is 56.3 Å². The van der Waals surface area contributed by atoms with Crippen LogP contribution in [0, 0.1) is 12.7 Å². The first-order valence-electron chi connectivity index (χ1n) is 6.15. The molecule has 1 aromatic heterocycles. The van der Waals surface area contributed by atoms with E-state index in [4.69, 9.17) is 0 Å². The van der Waals surface area contributed by atoms with Gasteiger partial charge in [0.15, 0.2) is 0 Å². The van der Waals surface area contributed by atoms with Crippen molar-refractivity contribution >= 4 is 21.7 Å². The highest BCUT2D eigenvalue weighted by atomic mass is 32.2. The molecule has 0 atom stereocenters. The Labute approximate surface area is 134 Å². The molecule has 0 aliphatic rings. The second-order valence-electron chi connectivity index (χ2n) is 4.67. The third kappa shape index (κ3) is 3.88. The number of hydrogen-bond acceptors (Lipinski definition) is 5. The van der Waals surface area contributed by atoms with E-state index >= 15 is 0 Å². The Bertz CT molecular complexity index is 828. The second-order valence-corrected chi connectivity index (χ2v) is 7.18. The van der Waals surface area contributed by atoms with E-state index in [0.29, 0.717) is 5.56 Å². The minimum Gasteiger partial charge on any atom is -0.273 e. The molecule has 0 radical (unpaired) electrons. The molecule has 2 aromatic rings. The standard InChI is InChI=1S/C13H11F4NO3S2/c1-7-3-4-8(5-10(7)14)11-9(6-23(19,20)21-2)12(22-18-11)13(15,16)17/h3-5H,6H2,1-2H3. The lowest BCUT2D eigenvalue weighted by molar-refractivity contribution is -0.134. The van der Waals surface area contributed by atoms with Crippen molar-refractivity contribution in [3.05, 3.63) is 40.0 Å². The molecule has 0 bridgehead atoms. The minimum absolute atomic E-state index is 0.0705. The number of nitrogens with zero attached hydrogens (tertiary/aromatic N) is 1. The molecule has 4 nitrogen and oxygen atoms in total. The monoisotopic (exact) mass is 369 g/mol. The molecule has 1 heterocycles. The summed E-state index contributed by atoms with van der Waals surface area (Å²) in [5.74, 6) is -1.62. The third-order valence-electron chi connectivity index (χ3n) is 3.07. The van der Waals surface area contributed by atoms with Crippen LogP contribution in [0.2, 0.25) is 0 Å². The van der Waals surface area contributed by atoms with Gasteiger partial charge in [-0.3, -0.25) is 4.18 Å². The van der Waals surface area contributed by atoms with Crippen LogP contribution in [0.25, 0.3) is 11.3 Å². The van der Waals surface area contributed by atoms with Gasteiger partial charge in [0.1, 0.15) is 16.4 Å². The molecule has 0 saturated carbocycles. The molecule has 10 heteroatoms. The first-order valence-corrected chi connectivity index (χ1v) is 8.51. The highest BCUT2D eigenvalue weighted by Crippen LogP contribution is 2.40. The van der Waals surface area contributed by atoms with E-state index < -0.39 is 38.3 Å². The van der Waals surface area contributed by atoms with E-state index in [1.165, 1.54) is 19.1 Å². The largest absolute Gasteiger partial charge is 0.427 e. The van der Waals surface area contributed by atoms with Crippen molar-refractivity contribution in [2.75, 3.05) is 7.11 Å². The molecule has 0 fully saturated rings. The second kappa shape index (κ2) is 6.17. The fourth-order valence-corrected chi connectivity index (χ4v) is 3.49. The van der Waals surface area contributed by atoms with Gasteiger partial charge in [-0.05, 0) is 30.1 Å². The summed E-state index contributed by atoms with van der Waals surface area (Å²) < 4.78 is 83.9. The summed E-state index contributed by atoms with van der Waals surface area (Å²) in [5.41, 5.74) is -0.387. The van der Waals surface area contributed by atoms with Crippen LogP contribution < -0.4 is 0 Å². The predicted octanol–water partition coefficient (Wildman–Crippen LogP) is 3.75. The fraction of sp³-hybridized carbons (Fsp3) is 0.308. The molecular formula is C13H11F4NO3S2. The van der Waals surface area contributed by atoms with Crippen molar-refractivity contribution in [2.45, 2.75) is 18.9 Å². The van der Waals surface area contributed by atoms with E-state index in [1.54, 1.807) is 0 Å². The Balaban J connectivity index is 2.64. The Kier molecular flexibility index (Phi) is 4.79. The first kappa shape index (κ1) is 17.8. The molecule has 23 heavy (non-hydrogen) atoms. The predicted molar refractivity (Wildman–Crippen MR) is 76.9 cm³/mol. The number of alkyl halides is 3. The molecule has 0 saturated heterocycles. The summed E-state index contributed by atoms with van der Waals surface area (Å²) in [6.07, 6.45) is -4.77. The minimum atomic E-state index is -4.77. The molecule has 0 N–H and O–H groups in total. The summed E-state index contributed by atoms with van der Waals surface area (Å²) in [6.45, 7) is 1.50.